The predicted octanol–water partition coefficient (Wildman–Crippen LogP) is -2.40. The number of nitrogens with two attached hydrogens (primary N) is 2. The van der Waals surface area contributed by atoms with E-state index in [2.05, 4.69) is 25.9 Å². The summed E-state index contributed by atoms with van der Waals surface area (Å²) in [6, 6.07) is -5.35. The van der Waals surface area contributed by atoms with E-state index >= 15 is 0 Å². The standard InChI is InChI=1S/C21H33N7O8/c1-10(2)5-12(22)18(32)26-13(3-4-16(23)29)19(33)27-14(6-11-8-24-9-25-11)20(34)28-15(21(35)36)7-17(30)31/h8-10,12-15H,3-7,22H2,1-2H3,(H2,23,29)(H,24,25)(H,26,32)(H,27,33)(H,28,34)(H,30,31)(H,35,36). The number of amides is 4. The molecule has 4 unspecified atom stereocenters. The van der Waals surface area contributed by atoms with E-state index in [4.69, 9.17) is 16.6 Å². The van der Waals surface area contributed by atoms with E-state index in [-0.39, 0.29) is 25.2 Å². The van der Waals surface area contributed by atoms with Crippen molar-refractivity contribution in [3.63, 3.8) is 0 Å². The van der Waals surface area contributed by atoms with E-state index in [9.17, 15) is 33.9 Å². The highest BCUT2D eigenvalue weighted by Gasteiger charge is 2.31. The van der Waals surface area contributed by atoms with E-state index < -0.39 is 66.2 Å². The number of aromatic amines is 1. The van der Waals surface area contributed by atoms with Crippen molar-refractivity contribution in [1.29, 1.82) is 0 Å². The number of nitrogens with zero attached hydrogens (tertiary/aromatic N) is 1. The smallest absolute Gasteiger partial charge is 0.326 e. The number of aromatic nitrogens is 2. The minimum absolute atomic E-state index is 0.0964. The van der Waals surface area contributed by atoms with Gasteiger partial charge in [0.1, 0.15) is 18.1 Å². The Morgan fingerprint density at radius 3 is 2.06 bits per heavy atom. The van der Waals surface area contributed by atoms with Gasteiger partial charge in [-0.05, 0) is 18.8 Å². The molecular weight excluding hydrogens is 478 g/mol. The second-order valence-electron chi connectivity index (χ2n) is 8.64. The molecule has 0 radical (unpaired) electrons. The van der Waals surface area contributed by atoms with Crippen LogP contribution in [0.1, 0.15) is 45.2 Å². The van der Waals surface area contributed by atoms with Gasteiger partial charge in [-0.25, -0.2) is 9.78 Å². The molecule has 4 atom stereocenters. The van der Waals surface area contributed by atoms with Crippen molar-refractivity contribution < 1.29 is 39.0 Å². The predicted molar refractivity (Wildman–Crippen MR) is 124 cm³/mol. The van der Waals surface area contributed by atoms with Crippen molar-refractivity contribution in [2.24, 2.45) is 17.4 Å². The van der Waals surface area contributed by atoms with Crippen molar-refractivity contribution >= 4 is 35.6 Å². The highest BCUT2D eigenvalue weighted by atomic mass is 16.4. The quantitative estimate of drug-likeness (QED) is 0.117. The number of carbonyl (C=O) groups excluding carboxylic acids is 4. The Morgan fingerprint density at radius 1 is 0.972 bits per heavy atom. The van der Waals surface area contributed by atoms with E-state index in [1.54, 1.807) is 0 Å². The largest absolute Gasteiger partial charge is 0.481 e. The molecule has 0 fully saturated rings. The molecule has 0 aliphatic heterocycles. The fourth-order valence-electron chi connectivity index (χ4n) is 3.19. The van der Waals surface area contributed by atoms with Crippen LogP contribution in [0.5, 0.6) is 0 Å². The number of aliphatic carboxylic acids is 2. The molecule has 0 aromatic carbocycles. The fraction of sp³-hybridized carbons (Fsp3) is 0.571. The fourth-order valence-corrected chi connectivity index (χ4v) is 3.19. The first-order chi connectivity index (χ1) is 16.8. The van der Waals surface area contributed by atoms with Gasteiger partial charge in [0.25, 0.3) is 0 Å². The SMILES string of the molecule is CC(C)CC(N)C(=O)NC(CCC(N)=O)C(=O)NC(Cc1cnc[nH]1)C(=O)NC(CC(=O)O)C(=O)O. The van der Waals surface area contributed by atoms with Crippen LogP contribution in [0, 0.1) is 5.92 Å². The number of primary amides is 1. The number of carbonyl (C=O) groups is 6. The van der Waals surface area contributed by atoms with Crippen molar-refractivity contribution in [1.82, 2.24) is 25.9 Å². The summed E-state index contributed by atoms with van der Waals surface area (Å²) < 4.78 is 0. The molecule has 1 aromatic heterocycles. The maximum absolute atomic E-state index is 13.0. The lowest BCUT2D eigenvalue weighted by Gasteiger charge is -2.25. The summed E-state index contributed by atoms with van der Waals surface area (Å²) in [6.07, 6.45) is 1.53. The molecule has 200 valence electrons. The van der Waals surface area contributed by atoms with Crippen LogP contribution >= 0.6 is 0 Å². The Kier molecular flexibility index (Phi) is 12.0. The second kappa shape index (κ2) is 14.4. The molecule has 0 spiro atoms. The zero-order valence-electron chi connectivity index (χ0n) is 20.0. The van der Waals surface area contributed by atoms with Gasteiger partial charge in [-0.2, -0.15) is 0 Å². The molecule has 4 amide bonds. The van der Waals surface area contributed by atoms with Crippen LogP contribution in [-0.2, 0) is 35.2 Å². The number of nitrogens with one attached hydrogen (secondary N) is 4. The summed E-state index contributed by atoms with van der Waals surface area (Å²) >= 11 is 0. The third-order valence-corrected chi connectivity index (χ3v) is 4.98. The topological polar surface area (TPSA) is 260 Å². The molecular formula is C21H33N7O8. The van der Waals surface area contributed by atoms with Crippen LogP contribution < -0.4 is 27.4 Å². The third-order valence-electron chi connectivity index (χ3n) is 4.98. The zero-order valence-corrected chi connectivity index (χ0v) is 20.0. The summed E-state index contributed by atoms with van der Waals surface area (Å²) in [5, 5.41) is 25.1. The lowest BCUT2D eigenvalue weighted by atomic mass is 10.0. The minimum atomic E-state index is -1.75. The van der Waals surface area contributed by atoms with Gasteiger partial charge in [0.05, 0.1) is 18.8 Å². The lowest BCUT2D eigenvalue weighted by Crippen LogP contribution is -2.58. The van der Waals surface area contributed by atoms with Gasteiger partial charge in [-0.3, -0.25) is 24.0 Å². The number of carboxylic acid groups (broad SMARTS) is 2. The molecule has 0 bridgehead atoms. The molecule has 1 rings (SSSR count). The minimum Gasteiger partial charge on any atom is -0.481 e. The molecule has 0 aliphatic carbocycles. The van der Waals surface area contributed by atoms with Crippen molar-refractivity contribution in [3.8, 4) is 0 Å². The van der Waals surface area contributed by atoms with Crippen LogP contribution in [0.2, 0.25) is 0 Å². The molecule has 36 heavy (non-hydrogen) atoms. The Labute approximate surface area is 206 Å². The van der Waals surface area contributed by atoms with E-state index in [0.717, 1.165) is 0 Å². The number of hydrogen-bond donors (Lipinski definition) is 8. The normalized spacial score (nSPS) is 14.2. The van der Waals surface area contributed by atoms with Gasteiger partial charge in [0.2, 0.25) is 23.6 Å². The maximum atomic E-state index is 13.0. The van der Waals surface area contributed by atoms with Gasteiger partial charge in [0.15, 0.2) is 0 Å². The summed E-state index contributed by atoms with van der Waals surface area (Å²) in [4.78, 5) is 78.5. The van der Waals surface area contributed by atoms with Crippen LogP contribution in [-0.4, -0.2) is 79.9 Å². The van der Waals surface area contributed by atoms with Gasteiger partial charge >= 0.3 is 11.9 Å². The van der Waals surface area contributed by atoms with Crippen molar-refractivity contribution in [3.05, 3.63) is 18.2 Å². The molecule has 0 saturated carbocycles. The van der Waals surface area contributed by atoms with Gasteiger partial charge in [-0.15, -0.1) is 0 Å². The Bertz CT molecular complexity index is 935. The first kappa shape index (κ1) is 30.0. The Hall–Kier alpha value is -4.01. The molecule has 0 saturated heterocycles. The number of hydrogen-bond acceptors (Lipinski definition) is 8. The molecule has 15 heteroatoms. The molecule has 15 nitrogen and oxygen atoms in total. The number of rotatable bonds is 16. The third kappa shape index (κ3) is 10.9. The summed E-state index contributed by atoms with van der Waals surface area (Å²) in [5.41, 5.74) is 11.4. The summed E-state index contributed by atoms with van der Waals surface area (Å²) in [6.45, 7) is 3.72. The van der Waals surface area contributed by atoms with Gasteiger partial charge in [-0.1, -0.05) is 13.8 Å². The van der Waals surface area contributed by atoms with Crippen LogP contribution in [0.4, 0.5) is 0 Å². The molecule has 0 aliphatic rings. The van der Waals surface area contributed by atoms with Crippen molar-refractivity contribution in [2.75, 3.05) is 0 Å². The first-order valence-electron chi connectivity index (χ1n) is 11.2. The number of carboxylic acids is 2. The lowest BCUT2D eigenvalue weighted by molar-refractivity contribution is -0.147. The Balaban J connectivity index is 3.09. The van der Waals surface area contributed by atoms with Gasteiger partial charge < -0.3 is 42.6 Å². The molecule has 10 N–H and O–H groups in total. The first-order valence-corrected chi connectivity index (χ1v) is 11.2. The van der Waals surface area contributed by atoms with Gasteiger partial charge in [0, 0.05) is 24.7 Å². The van der Waals surface area contributed by atoms with E-state index in [0.29, 0.717) is 12.1 Å². The zero-order chi connectivity index (χ0) is 27.4. The Morgan fingerprint density at radius 2 is 1.56 bits per heavy atom. The van der Waals surface area contributed by atoms with Crippen LogP contribution in [0.15, 0.2) is 12.5 Å². The van der Waals surface area contributed by atoms with Crippen molar-refractivity contribution in [2.45, 2.75) is 70.1 Å². The van der Waals surface area contributed by atoms with Crippen LogP contribution in [0.25, 0.3) is 0 Å². The second-order valence-corrected chi connectivity index (χ2v) is 8.64. The molecule has 1 heterocycles. The summed E-state index contributed by atoms with van der Waals surface area (Å²) in [7, 11) is 0. The highest BCUT2D eigenvalue weighted by molar-refractivity contribution is 5.95. The average molecular weight is 512 g/mol. The molecule has 1 aromatic rings. The highest BCUT2D eigenvalue weighted by Crippen LogP contribution is 2.07. The van der Waals surface area contributed by atoms with E-state index in [1.807, 2.05) is 13.8 Å². The monoisotopic (exact) mass is 511 g/mol. The number of H-pyrrole nitrogens is 1. The summed E-state index contributed by atoms with van der Waals surface area (Å²) in [5.74, 6) is -6.14. The van der Waals surface area contributed by atoms with E-state index in [1.165, 1.54) is 12.5 Å². The average Bonchev–Trinajstić information content (AvgIpc) is 3.27. The number of imidazole rings is 1. The van der Waals surface area contributed by atoms with Crippen LogP contribution in [0.3, 0.4) is 0 Å². The maximum Gasteiger partial charge on any atom is 0.326 e.